The van der Waals surface area contributed by atoms with E-state index in [2.05, 4.69) is 10.1 Å². The lowest BCUT2D eigenvalue weighted by atomic mass is 10.1. The van der Waals surface area contributed by atoms with Gasteiger partial charge in [0.15, 0.2) is 0 Å². The van der Waals surface area contributed by atoms with Gasteiger partial charge in [-0.25, -0.2) is 4.79 Å². The van der Waals surface area contributed by atoms with Crippen molar-refractivity contribution in [1.82, 2.24) is 10.2 Å². The second kappa shape index (κ2) is 7.88. The first-order chi connectivity index (χ1) is 9.95. The van der Waals surface area contributed by atoms with E-state index >= 15 is 0 Å². The highest BCUT2D eigenvalue weighted by atomic mass is 16.5. The van der Waals surface area contributed by atoms with Crippen LogP contribution in [-0.2, 0) is 14.3 Å². The summed E-state index contributed by atoms with van der Waals surface area (Å²) in [7, 11) is 2.83. The molecular weight excluding hydrogens is 274 g/mol. The van der Waals surface area contributed by atoms with Gasteiger partial charge in [0.2, 0.25) is 5.91 Å². The average Bonchev–Trinajstić information content (AvgIpc) is 2.49. The molecule has 0 saturated carbocycles. The van der Waals surface area contributed by atoms with E-state index in [0.717, 1.165) is 0 Å². The third-order valence-electron chi connectivity index (χ3n) is 2.92. The Morgan fingerprint density at radius 1 is 1.29 bits per heavy atom. The molecule has 21 heavy (non-hydrogen) atoms. The zero-order valence-corrected chi connectivity index (χ0v) is 12.0. The molecule has 0 aliphatic heterocycles. The lowest BCUT2D eigenvalue weighted by Gasteiger charge is -2.24. The molecular formula is C14H19N3O4. The molecule has 1 atom stereocenters. The molecule has 0 saturated heterocycles. The number of nitrogens with zero attached hydrogens (tertiary/aromatic N) is 1. The number of carbonyl (C=O) groups excluding carboxylic acids is 3. The summed E-state index contributed by atoms with van der Waals surface area (Å²) >= 11 is 0. The largest absolute Gasteiger partial charge is 0.469 e. The Kier molecular flexibility index (Phi) is 6.19. The van der Waals surface area contributed by atoms with Crippen molar-refractivity contribution < 1.29 is 19.1 Å². The molecule has 0 aliphatic carbocycles. The molecule has 114 valence electrons. The Hall–Kier alpha value is -2.57. The van der Waals surface area contributed by atoms with Crippen LogP contribution in [0.25, 0.3) is 0 Å². The van der Waals surface area contributed by atoms with E-state index in [1.54, 1.807) is 37.4 Å². The van der Waals surface area contributed by atoms with Crippen LogP contribution < -0.4 is 11.1 Å². The van der Waals surface area contributed by atoms with Crippen molar-refractivity contribution in [3.63, 3.8) is 0 Å². The zero-order chi connectivity index (χ0) is 15.8. The Morgan fingerprint density at radius 2 is 1.90 bits per heavy atom. The maximum absolute atomic E-state index is 12.4. The van der Waals surface area contributed by atoms with Crippen LogP contribution in [0.5, 0.6) is 0 Å². The normalized spacial score (nSPS) is 11.3. The predicted molar refractivity (Wildman–Crippen MR) is 76.2 cm³/mol. The van der Waals surface area contributed by atoms with E-state index in [1.165, 1.54) is 12.0 Å². The molecule has 1 aromatic carbocycles. The van der Waals surface area contributed by atoms with Crippen molar-refractivity contribution in [2.24, 2.45) is 5.73 Å². The van der Waals surface area contributed by atoms with Gasteiger partial charge in [0.05, 0.1) is 13.5 Å². The number of nitrogens with two attached hydrogens (primary N) is 1. The standard InChI is InChI=1S/C14H19N3O4/c1-17(9-8-11(18)21-2)13(19)12(16-14(15)20)10-6-4-3-5-7-10/h3-7,12H,8-9H2,1-2H3,(H3,15,16,20). The molecule has 1 unspecified atom stereocenters. The van der Waals surface area contributed by atoms with Crippen molar-refractivity contribution in [3.8, 4) is 0 Å². The van der Waals surface area contributed by atoms with E-state index in [0.29, 0.717) is 5.56 Å². The van der Waals surface area contributed by atoms with Gasteiger partial charge in [0.25, 0.3) is 0 Å². The molecule has 0 aliphatic rings. The number of benzene rings is 1. The van der Waals surface area contributed by atoms with Crippen LogP contribution in [0.3, 0.4) is 0 Å². The first kappa shape index (κ1) is 16.5. The number of rotatable bonds is 6. The summed E-state index contributed by atoms with van der Waals surface area (Å²) in [6.45, 7) is 0.190. The van der Waals surface area contributed by atoms with Crippen molar-refractivity contribution >= 4 is 17.9 Å². The van der Waals surface area contributed by atoms with Gasteiger partial charge in [0, 0.05) is 13.6 Å². The maximum atomic E-state index is 12.4. The number of nitrogens with one attached hydrogen (secondary N) is 1. The minimum absolute atomic E-state index is 0.0802. The summed E-state index contributed by atoms with van der Waals surface area (Å²) in [6, 6.07) is 7.07. The number of likely N-dealkylation sites (N-methyl/N-ethyl adjacent to an activating group) is 1. The lowest BCUT2D eigenvalue weighted by molar-refractivity contribution is -0.141. The first-order valence-corrected chi connectivity index (χ1v) is 6.38. The maximum Gasteiger partial charge on any atom is 0.313 e. The van der Waals surface area contributed by atoms with E-state index in [4.69, 9.17) is 5.73 Å². The monoisotopic (exact) mass is 293 g/mol. The predicted octanol–water partition coefficient (Wildman–Crippen LogP) is 0.418. The smallest absolute Gasteiger partial charge is 0.313 e. The van der Waals surface area contributed by atoms with Gasteiger partial charge < -0.3 is 20.7 Å². The van der Waals surface area contributed by atoms with Gasteiger partial charge in [-0.2, -0.15) is 0 Å². The fourth-order valence-electron chi connectivity index (χ4n) is 1.77. The van der Waals surface area contributed by atoms with Crippen molar-refractivity contribution in [2.45, 2.75) is 12.5 Å². The third kappa shape index (κ3) is 5.13. The average molecular weight is 293 g/mol. The van der Waals surface area contributed by atoms with Gasteiger partial charge in [-0.15, -0.1) is 0 Å². The van der Waals surface area contributed by atoms with Crippen molar-refractivity contribution in [2.75, 3.05) is 20.7 Å². The highest BCUT2D eigenvalue weighted by Gasteiger charge is 2.25. The summed E-state index contributed by atoms with van der Waals surface area (Å²) in [5, 5.41) is 2.41. The van der Waals surface area contributed by atoms with Crippen LogP contribution >= 0.6 is 0 Å². The minimum Gasteiger partial charge on any atom is -0.469 e. The Labute approximate surface area is 123 Å². The van der Waals surface area contributed by atoms with Crippen LogP contribution in [0.2, 0.25) is 0 Å². The molecule has 7 nitrogen and oxygen atoms in total. The quantitative estimate of drug-likeness (QED) is 0.742. The number of hydrogen-bond acceptors (Lipinski definition) is 4. The van der Waals surface area contributed by atoms with Crippen LogP contribution in [0.4, 0.5) is 4.79 Å². The highest BCUT2D eigenvalue weighted by molar-refractivity contribution is 5.87. The second-order valence-electron chi connectivity index (χ2n) is 4.44. The van der Waals surface area contributed by atoms with Crippen molar-refractivity contribution in [1.29, 1.82) is 0 Å². The van der Waals surface area contributed by atoms with E-state index in [9.17, 15) is 14.4 Å². The van der Waals surface area contributed by atoms with Crippen LogP contribution in [0, 0.1) is 0 Å². The molecule has 0 bridgehead atoms. The summed E-state index contributed by atoms with van der Waals surface area (Å²) in [5.74, 6) is -0.766. The van der Waals surface area contributed by atoms with Crippen LogP contribution in [0.1, 0.15) is 18.0 Å². The Balaban J connectivity index is 2.80. The summed E-state index contributed by atoms with van der Waals surface area (Å²) in [6.07, 6.45) is 0.0802. The van der Waals surface area contributed by atoms with Crippen molar-refractivity contribution in [3.05, 3.63) is 35.9 Å². The molecule has 3 N–H and O–H groups in total. The van der Waals surface area contributed by atoms with Crippen LogP contribution in [0.15, 0.2) is 30.3 Å². The number of methoxy groups -OCH3 is 1. The molecule has 7 heteroatoms. The molecule has 1 aromatic rings. The second-order valence-corrected chi connectivity index (χ2v) is 4.44. The number of primary amides is 1. The number of amides is 3. The first-order valence-electron chi connectivity index (χ1n) is 6.38. The van der Waals surface area contributed by atoms with E-state index < -0.39 is 18.0 Å². The molecule has 0 heterocycles. The van der Waals surface area contributed by atoms with E-state index in [-0.39, 0.29) is 18.9 Å². The van der Waals surface area contributed by atoms with Crippen LogP contribution in [-0.4, -0.2) is 43.5 Å². The Bertz CT molecular complexity index is 504. The molecule has 0 spiro atoms. The van der Waals surface area contributed by atoms with Gasteiger partial charge >= 0.3 is 12.0 Å². The molecule has 0 aromatic heterocycles. The van der Waals surface area contributed by atoms with Gasteiger partial charge in [0.1, 0.15) is 6.04 Å². The molecule has 3 amide bonds. The zero-order valence-electron chi connectivity index (χ0n) is 12.0. The van der Waals surface area contributed by atoms with Gasteiger partial charge in [-0.3, -0.25) is 9.59 Å². The number of urea groups is 1. The SMILES string of the molecule is COC(=O)CCN(C)C(=O)C(NC(N)=O)c1ccccc1. The highest BCUT2D eigenvalue weighted by Crippen LogP contribution is 2.15. The lowest BCUT2D eigenvalue weighted by Crippen LogP contribution is -2.43. The summed E-state index contributed by atoms with van der Waals surface area (Å²) < 4.78 is 4.52. The third-order valence-corrected chi connectivity index (χ3v) is 2.92. The summed E-state index contributed by atoms with van der Waals surface area (Å²) in [4.78, 5) is 35.9. The summed E-state index contributed by atoms with van der Waals surface area (Å²) in [5.41, 5.74) is 5.73. The number of esters is 1. The molecule has 1 rings (SSSR count). The molecule has 0 radical (unpaired) electrons. The van der Waals surface area contributed by atoms with Gasteiger partial charge in [-0.1, -0.05) is 30.3 Å². The minimum atomic E-state index is -0.883. The number of carbonyl (C=O) groups is 3. The topological polar surface area (TPSA) is 102 Å². The van der Waals surface area contributed by atoms with Gasteiger partial charge in [-0.05, 0) is 5.56 Å². The fraction of sp³-hybridized carbons (Fsp3) is 0.357. The van der Waals surface area contributed by atoms with E-state index in [1.807, 2.05) is 0 Å². The number of ether oxygens (including phenoxy) is 1. The number of hydrogen-bond donors (Lipinski definition) is 2. The fourth-order valence-corrected chi connectivity index (χ4v) is 1.77. The Morgan fingerprint density at radius 3 is 2.43 bits per heavy atom. The molecule has 0 fully saturated rings.